The number of nitrogens with zero attached hydrogens (tertiary/aromatic N) is 2. The Balaban J connectivity index is 1.39. The van der Waals surface area contributed by atoms with Gasteiger partial charge in [-0.1, -0.05) is 11.6 Å². The minimum atomic E-state index is -2.46. The molecule has 31 heavy (non-hydrogen) atoms. The highest BCUT2D eigenvalue weighted by Crippen LogP contribution is 2.29. The second-order valence-electron chi connectivity index (χ2n) is 6.94. The van der Waals surface area contributed by atoms with Crippen LogP contribution in [0.1, 0.15) is 9.67 Å². The van der Waals surface area contributed by atoms with E-state index in [0.717, 1.165) is 16.2 Å². The molecule has 10 nitrogen and oxygen atoms in total. The zero-order valence-corrected chi connectivity index (χ0v) is 17.6. The Hall–Kier alpha value is -2.70. The predicted molar refractivity (Wildman–Crippen MR) is 111 cm³/mol. The van der Waals surface area contributed by atoms with Gasteiger partial charge in [0.1, 0.15) is 19.3 Å². The molecule has 1 aromatic carbocycles. The molecule has 1 unspecified atom stereocenters. The normalized spacial score (nSPS) is 20.7. The van der Waals surface area contributed by atoms with Crippen molar-refractivity contribution in [2.45, 2.75) is 12.0 Å². The second-order valence-corrected chi connectivity index (χ2v) is 8.66. The molecule has 1 aromatic heterocycles. The summed E-state index contributed by atoms with van der Waals surface area (Å²) in [5.74, 6) is -3.37. The molecule has 3 heterocycles. The molecule has 3 amide bonds. The van der Waals surface area contributed by atoms with Gasteiger partial charge >= 0.3 is 6.09 Å². The summed E-state index contributed by atoms with van der Waals surface area (Å²) < 4.78 is 10.7. The average molecular weight is 468 g/mol. The lowest BCUT2D eigenvalue weighted by Crippen LogP contribution is -2.60. The number of thiophene rings is 1. The molecule has 2 fully saturated rings. The quantitative estimate of drug-likeness (QED) is 0.563. The first-order valence-corrected chi connectivity index (χ1v) is 10.4. The summed E-state index contributed by atoms with van der Waals surface area (Å²) in [4.78, 5) is 39.1. The lowest BCUT2D eigenvalue weighted by atomic mass is 10.2. The van der Waals surface area contributed by atoms with Crippen LogP contribution < -0.4 is 15.1 Å². The molecule has 12 heteroatoms. The van der Waals surface area contributed by atoms with Gasteiger partial charge in [-0.05, 0) is 36.4 Å². The van der Waals surface area contributed by atoms with Gasteiger partial charge in [0.25, 0.3) is 17.7 Å². The number of carbonyl (C=O) groups is 3. The number of rotatable bonds is 5. The Morgan fingerprint density at radius 1 is 1.19 bits per heavy atom. The highest BCUT2D eigenvalue weighted by atomic mass is 35.5. The largest absolute Gasteiger partial charge is 0.442 e. The van der Waals surface area contributed by atoms with E-state index in [1.54, 1.807) is 24.3 Å². The fraction of sp³-hybridized carbons (Fsp3) is 0.316. The number of anilines is 2. The molecular weight excluding hydrogens is 450 g/mol. The number of nitrogens with one attached hydrogen (secondary N) is 1. The van der Waals surface area contributed by atoms with Gasteiger partial charge in [-0.3, -0.25) is 19.4 Å². The van der Waals surface area contributed by atoms with E-state index in [2.05, 4.69) is 5.32 Å². The van der Waals surface area contributed by atoms with Crippen molar-refractivity contribution in [1.29, 1.82) is 0 Å². The fourth-order valence-corrected chi connectivity index (χ4v) is 4.26. The number of benzene rings is 1. The summed E-state index contributed by atoms with van der Waals surface area (Å²) >= 11 is 6.98. The monoisotopic (exact) mass is 467 g/mol. The summed E-state index contributed by atoms with van der Waals surface area (Å²) in [7, 11) is 0. The lowest BCUT2D eigenvalue weighted by molar-refractivity contribution is -0.214. The molecule has 2 aliphatic heterocycles. The first-order valence-electron chi connectivity index (χ1n) is 9.22. The Labute approximate surface area is 185 Å². The van der Waals surface area contributed by atoms with Crippen molar-refractivity contribution < 1.29 is 34.1 Å². The van der Waals surface area contributed by atoms with Gasteiger partial charge in [0.15, 0.2) is 0 Å². The zero-order chi connectivity index (χ0) is 22.2. The minimum absolute atomic E-state index is 0.133. The number of amides is 3. The molecular formula is C19H18ClN3O7S. The number of hydrogen-bond acceptors (Lipinski definition) is 8. The van der Waals surface area contributed by atoms with Crippen LogP contribution in [0.4, 0.5) is 16.2 Å². The number of carbonyl (C=O) groups excluding carboxylic acids is 3. The van der Waals surface area contributed by atoms with Gasteiger partial charge in [0.2, 0.25) is 0 Å². The summed E-state index contributed by atoms with van der Waals surface area (Å²) in [6.45, 7) is -0.364. The average Bonchev–Trinajstić information content (AvgIpc) is 3.31. The maximum Gasteiger partial charge on any atom is 0.414 e. The van der Waals surface area contributed by atoms with Crippen LogP contribution in [-0.2, 0) is 14.3 Å². The summed E-state index contributed by atoms with van der Waals surface area (Å²) in [6, 6.07) is 9.34. The van der Waals surface area contributed by atoms with Gasteiger partial charge in [-0.15, -0.1) is 11.3 Å². The van der Waals surface area contributed by atoms with Crippen LogP contribution in [0.2, 0.25) is 4.34 Å². The molecule has 0 saturated carbocycles. The van der Waals surface area contributed by atoms with Gasteiger partial charge in [-0.2, -0.15) is 0 Å². The number of halogens is 1. The van der Waals surface area contributed by atoms with Gasteiger partial charge in [-0.25, -0.2) is 4.79 Å². The lowest BCUT2D eigenvalue weighted by Gasteiger charge is -2.38. The molecule has 0 radical (unpaired) electrons. The summed E-state index contributed by atoms with van der Waals surface area (Å²) in [5.41, 5.74) is 0.739. The van der Waals surface area contributed by atoms with Gasteiger partial charge < -0.3 is 25.0 Å². The van der Waals surface area contributed by atoms with E-state index in [-0.39, 0.29) is 31.3 Å². The van der Waals surface area contributed by atoms with Crippen LogP contribution in [0.3, 0.4) is 0 Å². The van der Waals surface area contributed by atoms with E-state index in [9.17, 15) is 24.6 Å². The maximum atomic E-state index is 12.3. The van der Waals surface area contributed by atoms with Crippen molar-refractivity contribution in [1.82, 2.24) is 5.32 Å². The molecule has 0 bridgehead atoms. The molecule has 2 aromatic rings. The van der Waals surface area contributed by atoms with E-state index < -0.39 is 30.6 Å². The third-order valence-electron chi connectivity index (χ3n) is 4.71. The second kappa shape index (κ2) is 8.44. The number of cyclic esters (lactones) is 1. The van der Waals surface area contributed by atoms with E-state index in [0.29, 0.717) is 14.9 Å². The van der Waals surface area contributed by atoms with Crippen LogP contribution >= 0.6 is 22.9 Å². The van der Waals surface area contributed by atoms with E-state index in [4.69, 9.17) is 21.1 Å². The van der Waals surface area contributed by atoms with Crippen molar-refractivity contribution in [3.63, 3.8) is 0 Å². The van der Waals surface area contributed by atoms with Gasteiger partial charge in [0.05, 0.1) is 22.3 Å². The van der Waals surface area contributed by atoms with Crippen LogP contribution in [0.5, 0.6) is 0 Å². The van der Waals surface area contributed by atoms with Crippen molar-refractivity contribution in [2.75, 3.05) is 36.1 Å². The van der Waals surface area contributed by atoms with Crippen LogP contribution in [-0.4, -0.2) is 66.4 Å². The molecule has 0 aliphatic carbocycles. The Morgan fingerprint density at radius 2 is 1.90 bits per heavy atom. The molecule has 3 N–H and O–H groups in total. The minimum Gasteiger partial charge on any atom is -0.442 e. The molecule has 4 rings (SSSR count). The number of morpholine rings is 1. The molecule has 164 valence electrons. The number of hydrogen-bond donors (Lipinski definition) is 3. The number of ether oxygens (including phenoxy) is 2. The first-order chi connectivity index (χ1) is 14.7. The predicted octanol–water partition coefficient (Wildman–Crippen LogP) is 1.16. The SMILES string of the molecule is O=C(NCC1CN(c2ccc(N3C(=O)COCC3(O)O)cc2)C(=O)O1)c1ccc(Cl)s1. The first kappa shape index (κ1) is 21.5. The van der Waals surface area contributed by atoms with Crippen LogP contribution in [0, 0.1) is 0 Å². The highest BCUT2D eigenvalue weighted by Gasteiger charge is 2.41. The summed E-state index contributed by atoms with van der Waals surface area (Å²) in [6.07, 6.45) is -1.12. The van der Waals surface area contributed by atoms with E-state index in [1.807, 2.05) is 0 Å². The standard InChI is InChI=1S/C19H18ClN3O7S/c20-15-6-5-14(31-15)17(25)21-7-13-8-22(18(26)30-13)11-1-3-12(4-2-11)23-16(24)9-29-10-19(23,27)28/h1-6,13,27-28H,7-10H2,(H,21,25). The summed E-state index contributed by atoms with van der Waals surface area (Å²) in [5, 5.41) is 22.7. The topological polar surface area (TPSA) is 129 Å². The van der Waals surface area contributed by atoms with Gasteiger partial charge in [0, 0.05) is 11.4 Å². The highest BCUT2D eigenvalue weighted by molar-refractivity contribution is 7.18. The third kappa shape index (κ3) is 4.50. The Morgan fingerprint density at radius 3 is 2.55 bits per heavy atom. The van der Waals surface area contributed by atoms with Crippen molar-refractivity contribution in [3.05, 3.63) is 45.6 Å². The number of aliphatic hydroxyl groups is 2. The van der Waals surface area contributed by atoms with E-state index in [1.165, 1.54) is 17.0 Å². The van der Waals surface area contributed by atoms with Crippen molar-refractivity contribution in [3.8, 4) is 0 Å². The molecule has 0 spiro atoms. The van der Waals surface area contributed by atoms with Crippen LogP contribution in [0.25, 0.3) is 0 Å². The third-order valence-corrected chi connectivity index (χ3v) is 5.94. The molecule has 2 aliphatic rings. The van der Waals surface area contributed by atoms with Crippen LogP contribution in [0.15, 0.2) is 36.4 Å². The zero-order valence-electron chi connectivity index (χ0n) is 16.0. The van der Waals surface area contributed by atoms with Crippen molar-refractivity contribution >= 4 is 52.2 Å². The molecule has 1 atom stereocenters. The maximum absolute atomic E-state index is 12.3. The molecule has 2 saturated heterocycles. The van der Waals surface area contributed by atoms with E-state index >= 15 is 0 Å². The Bertz CT molecular complexity index is 1010. The Kier molecular flexibility index (Phi) is 5.86. The van der Waals surface area contributed by atoms with Crippen molar-refractivity contribution in [2.24, 2.45) is 0 Å². The fourth-order valence-electron chi connectivity index (χ4n) is 3.31. The smallest absolute Gasteiger partial charge is 0.414 e.